The Morgan fingerprint density at radius 1 is 0.448 bits per heavy atom. The van der Waals surface area contributed by atoms with Crippen LogP contribution >= 0.6 is 0 Å². The molecule has 2 heterocycles. The van der Waals surface area contributed by atoms with E-state index in [4.69, 9.17) is 15.7 Å². The van der Waals surface area contributed by atoms with E-state index < -0.39 is 0 Å². The molecule has 2 aromatic heterocycles. The number of nitrogens with zero attached hydrogens (tertiary/aromatic N) is 4. The SMILES string of the molecule is Nc1nc(-c2ccccc2)c2nc(-c3ccccc3)c(-c3ccccc3)nc2n1. The van der Waals surface area contributed by atoms with Crippen LogP contribution in [0.5, 0.6) is 0 Å². The number of fused-ring (bicyclic) bond motifs is 1. The van der Waals surface area contributed by atoms with Crippen molar-refractivity contribution < 1.29 is 0 Å². The molecule has 5 rings (SSSR count). The Bertz CT molecular complexity index is 1290. The number of nitrogens with two attached hydrogens (primary N) is 1. The first-order chi connectivity index (χ1) is 14.3. The van der Waals surface area contributed by atoms with Gasteiger partial charge in [-0.1, -0.05) is 91.0 Å². The fourth-order valence-electron chi connectivity index (χ4n) is 3.36. The molecule has 2 N–H and O–H groups in total. The molecule has 0 amide bonds. The van der Waals surface area contributed by atoms with Gasteiger partial charge < -0.3 is 5.73 Å². The Hall–Kier alpha value is -4.12. The van der Waals surface area contributed by atoms with E-state index in [9.17, 15) is 0 Å². The minimum Gasteiger partial charge on any atom is -0.368 e. The van der Waals surface area contributed by atoms with E-state index in [0.29, 0.717) is 16.9 Å². The minimum absolute atomic E-state index is 0.178. The monoisotopic (exact) mass is 375 g/mol. The molecule has 0 radical (unpaired) electrons. The molecular formula is C24H17N5. The lowest BCUT2D eigenvalue weighted by molar-refractivity contribution is 1.17. The Kier molecular flexibility index (Phi) is 4.18. The highest BCUT2D eigenvalue weighted by Gasteiger charge is 2.17. The number of aromatic nitrogens is 4. The topological polar surface area (TPSA) is 77.6 Å². The van der Waals surface area contributed by atoms with Gasteiger partial charge in [-0.2, -0.15) is 4.98 Å². The molecule has 0 aliphatic rings. The molecule has 5 nitrogen and oxygen atoms in total. The molecule has 3 aromatic carbocycles. The summed E-state index contributed by atoms with van der Waals surface area (Å²) in [7, 11) is 0. The van der Waals surface area contributed by atoms with Crippen molar-refractivity contribution in [3.05, 3.63) is 91.0 Å². The van der Waals surface area contributed by atoms with Gasteiger partial charge in [0.05, 0.1) is 11.4 Å². The van der Waals surface area contributed by atoms with E-state index in [1.54, 1.807) is 0 Å². The second-order valence-corrected chi connectivity index (χ2v) is 6.62. The summed E-state index contributed by atoms with van der Waals surface area (Å²) in [6, 6.07) is 29.9. The summed E-state index contributed by atoms with van der Waals surface area (Å²) < 4.78 is 0. The first-order valence-electron chi connectivity index (χ1n) is 9.31. The van der Waals surface area contributed by atoms with Crippen molar-refractivity contribution in [2.75, 3.05) is 5.73 Å². The van der Waals surface area contributed by atoms with E-state index in [1.807, 2.05) is 91.0 Å². The lowest BCUT2D eigenvalue weighted by atomic mass is 10.0. The van der Waals surface area contributed by atoms with Crippen molar-refractivity contribution >= 4 is 17.1 Å². The van der Waals surface area contributed by atoms with Gasteiger partial charge in [-0.25, -0.2) is 15.0 Å². The van der Waals surface area contributed by atoms with Crippen LogP contribution in [-0.4, -0.2) is 19.9 Å². The summed E-state index contributed by atoms with van der Waals surface area (Å²) in [5.74, 6) is 0.178. The Labute approximate surface area is 168 Å². The van der Waals surface area contributed by atoms with Gasteiger partial charge in [-0.15, -0.1) is 0 Å². The van der Waals surface area contributed by atoms with Crippen LogP contribution in [0.2, 0.25) is 0 Å². The van der Waals surface area contributed by atoms with E-state index in [2.05, 4.69) is 9.97 Å². The fraction of sp³-hybridized carbons (Fsp3) is 0. The van der Waals surface area contributed by atoms with Crippen LogP contribution in [0.25, 0.3) is 44.9 Å². The smallest absolute Gasteiger partial charge is 0.222 e. The summed E-state index contributed by atoms with van der Waals surface area (Å²) in [5.41, 5.74) is 12.2. The van der Waals surface area contributed by atoms with Gasteiger partial charge in [0.15, 0.2) is 5.65 Å². The zero-order chi connectivity index (χ0) is 19.6. The van der Waals surface area contributed by atoms with E-state index in [0.717, 1.165) is 28.1 Å². The number of hydrogen-bond donors (Lipinski definition) is 1. The third-order valence-electron chi connectivity index (χ3n) is 4.69. The molecular weight excluding hydrogens is 358 g/mol. The summed E-state index contributed by atoms with van der Waals surface area (Å²) in [5, 5.41) is 0. The number of anilines is 1. The number of benzene rings is 3. The van der Waals surface area contributed by atoms with Crippen molar-refractivity contribution in [3.8, 4) is 33.8 Å². The molecule has 0 atom stereocenters. The summed E-state index contributed by atoms with van der Waals surface area (Å²) in [6.07, 6.45) is 0. The maximum absolute atomic E-state index is 6.01. The zero-order valence-electron chi connectivity index (χ0n) is 15.5. The lowest BCUT2D eigenvalue weighted by Gasteiger charge is -2.12. The normalized spacial score (nSPS) is 10.9. The van der Waals surface area contributed by atoms with Gasteiger partial charge in [0, 0.05) is 16.7 Å². The van der Waals surface area contributed by atoms with Crippen LogP contribution in [0, 0.1) is 0 Å². The highest BCUT2D eigenvalue weighted by atomic mass is 15.1. The van der Waals surface area contributed by atoms with Crippen molar-refractivity contribution in [3.63, 3.8) is 0 Å². The zero-order valence-corrected chi connectivity index (χ0v) is 15.5. The molecule has 0 saturated heterocycles. The summed E-state index contributed by atoms with van der Waals surface area (Å²) in [6.45, 7) is 0. The number of rotatable bonds is 3. The van der Waals surface area contributed by atoms with E-state index >= 15 is 0 Å². The number of nitrogen functional groups attached to an aromatic ring is 1. The molecule has 0 saturated carbocycles. The largest absolute Gasteiger partial charge is 0.368 e. The Morgan fingerprint density at radius 2 is 0.897 bits per heavy atom. The molecule has 0 unspecified atom stereocenters. The molecule has 0 bridgehead atoms. The van der Waals surface area contributed by atoms with Crippen molar-refractivity contribution in [2.24, 2.45) is 0 Å². The average molecular weight is 375 g/mol. The maximum atomic E-state index is 6.01. The molecule has 5 heteroatoms. The molecule has 5 aromatic rings. The highest BCUT2D eigenvalue weighted by Crippen LogP contribution is 2.33. The first-order valence-corrected chi connectivity index (χ1v) is 9.31. The van der Waals surface area contributed by atoms with Crippen LogP contribution in [0.3, 0.4) is 0 Å². The third kappa shape index (κ3) is 3.19. The highest BCUT2D eigenvalue weighted by molar-refractivity contribution is 5.92. The summed E-state index contributed by atoms with van der Waals surface area (Å²) >= 11 is 0. The Balaban J connectivity index is 1.86. The molecule has 0 aliphatic carbocycles. The van der Waals surface area contributed by atoms with Crippen LogP contribution in [0.15, 0.2) is 91.0 Å². The van der Waals surface area contributed by atoms with Crippen LogP contribution in [0.4, 0.5) is 5.95 Å². The first kappa shape index (κ1) is 17.0. The molecule has 138 valence electrons. The molecule has 0 fully saturated rings. The number of hydrogen-bond acceptors (Lipinski definition) is 5. The second-order valence-electron chi connectivity index (χ2n) is 6.62. The van der Waals surface area contributed by atoms with Crippen molar-refractivity contribution in [1.82, 2.24) is 19.9 Å². The molecule has 0 spiro atoms. The minimum atomic E-state index is 0.178. The lowest BCUT2D eigenvalue weighted by Crippen LogP contribution is -2.03. The predicted molar refractivity (Wildman–Crippen MR) is 116 cm³/mol. The summed E-state index contributed by atoms with van der Waals surface area (Å²) in [4.78, 5) is 18.7. The predicted octanol–water partition coefficient (Wildman–Crippen LogP) is 5.00. The molecule has 0 aliphatic heterocycles. The van der Waals surface area contributed by atoms with Crippen LogP contribution in [0.1, 0.15) is 0 Å². The van der Waals surface area contributed by atoms with Gasteiger partial charge in [0.25, 0.3) is 0 Å². The average Bonchev–Trinajstić information content (AvgIpc) is 2.79. The molecule has 29 heavy (non-hydrogen) atoms. The Morgan fingerprint density at radius 3 is 1.41 bits per heavy atom. The van der Waals surface area contributed by atoms with Gasteiger partial charge in [-0.3, -0.25) is 0 Å². The maximum Gasteiger partial charge on any atom is 0.222 e. The fourth-order valence-corrected chi connectivity index (χ4v) is 3.36. The van der Waals surface area contributed by atoms with Gasteiger partial charge in [0.2, 0.25) is 5.95 Å². The third-order valence-corrected chi connectivity index (χ3v) is 4.69. The van der Waals surface area contributed by atoms with Crippen LogP contribution in [-0.2, 0) is 0 Å². The second kappa shape index (κ2) is 7.13. The van der Waals surface area contributed by atoms with Crippen molar-refractivity contribution in [1.29, 1.82) is 0 Å². The van der Waals surface area contributed by atoms with Crippen LogP contribution < -0.4 is 5.73 Å². The van der Waals surface area contributed by atoms with E-state index in [1.165, 1.54) is 0 Å². The van der Waals surface area contributed by atoms with Gasteiger partial charge >= 0.3 is 0 Å². The van der Waals surface area contributed by atoms with Gasteiger partial charge in [-0.05, 0) is 0 Å². The standard InChI is InChI=1S/C24H17N5/c25-24-28-21(18-14-8-3-9-15-18)22-23(29-24)27-20(17-12-6-2-7-13-17)19(26-22)16-10-4-1-5-11-16/h1-15H,(H2,25,27,28,29). The van der Waals surface area contributed by atoms with Crippen molar-refractivity contribution in [2.45, 2.75) is 0 Å². The van der Waals surface area contributed by atoms with Gasteiger partial charge in [0.1, 0.15) is 11.2 Å². The van der Waals surface area contributed by atoms with E-state index in [-0.39, 0.29) is 5.95 Å². The quantitative estimate of drug-likeness (QED) is 0.480.